The van der Waals surface area contributed by atoms with Gasteiger partial charge in [0.2, 0.25) is 0 Å². The lowest BCUT2D eigenvalue weighted by molar-refractivity contribution is -0.139. The van der Waals surface area contributed by atoms with Crippen molar-refractivity contribution in [1.82, 2.24) is 4.57 Å². The molecule has 4 aromatic rings. The first-order valence-corrected chi connectivity index (χ1v) is 14.9. The third-order valence-corrected chi connectivity index (χ3v) is 8.40. The predicted molar refractivity (Wildman–Crippen MR) is 165 cm³/mol. The van der Waals surface area contributed by atoms with Crippen LogP contribution in [0.15, 0.2) is 92.3 Å². The number of carbonyl (C=O) groups excluding carboxylic acids is 1. The van der Waals surface area contributed by atoms with Crippen LogP contribution in [0.4, 0.5) is 0 Å². The number of allylic oxidation sites excluding steroid dienone is 1. The van der Waals surface area contributed by atoms with Gasteiger partial charge in [-0.05, 0) is 88.9 Å². The van der Waals surface area contributed by atoms with E-state index in [4.69, 9.17) is 19.3 Å². The Hall–Kier alpha value is -4.48. The predicted octanol–water partition coefficient (Wildman–Crippen LogP) is 4.85. The van der Waals surface area contributed by atoms with E-state index in [1.165, 1.54) is 23.5 Å². The summed E-state index contributed by atoms with van der Waals surface area (Å²) in [6, 6.07) is 18.5. The van der Waals surface area contributed by atoms with Crippen LogP contribution in [0.25, 0.3) is 6.08 Å². The van der Waals surface area contributed by atoms with E-state index in [9.17, 15) is 14.4 Å². The summed E-state index contributed by atoms with van der Waals surface area (Å²) in [6.07, 6.45) is 1.78. The zero-order valence-electron chi connectivity index (χ0n) is 23.5. The number of methoxy groups -OCH3 is 1. The fourth-order valence-electron chi connectivity index (χ4n) is 4.67. The van der Waals surface area contributed by atoms with Crippen LogP contribution in [0.3, 0.4) is 0 Å². The van der Waals surface area contributed by atoms with E-state index >= 15 is 0 Å². The normalized spacial score (nSPS) is 14.6. The van der Waals surface area contributed by atoms with Crippen LogP contribution in [0.2, 0.25) is 0 Å². The number of halogens is 1. The van der Waals surface area contributed by atoms with Crippen LogP contribution in [0.5, 0.6) is 11.5 Å². The molecule has 0 fully saturated rings. The van der Waals surface area contributed by atoms with Crippen LogP contribution in [0.1, 0.15) is 46.9 Å². The first-order valence-electron chi connectivity index (χ1n) is 13.3. The zero-order valence-corrected chi connectivity index (χ0v) is 25.9. The summed E-state index contributed by atoms with van der Waals surface area (Å²) in [5, 5.41) is 9.07. The topological polar surface area (TPSA) is 116 Å². The number of benzene rings is 3. The molecule has 1 aliphatic rings. The number of hydrogen-bond acceptors (Lipinski definition) is 8. The number of rotatable bonds is 9. The molecule has 1 aromatic heterocycles. The molecule has 0 saturated heterocycles. The molecule has 43 heavy (non-hydrogen) atoms. The molecule has 0 bridgehead atoms. The largest absolute Gasteiger partial charge is 0.497 e. The van der Waals surface area contributed by atoms with E-state index in [0.29, 0.717) is 36.6 Å². The third-order valence-electron chi connectivity index (χ3n) is 6.80. The van der Waals surface area contributed by atoms with Gasteiger partial charge >= 0.3 is 11.9 Å². The Morgan fingerprint density at radius 3 is 2.44 bits per heavy atom. The van der Waals surface area contributed by atoms with E-state index in [0.717, 1.165) is 16.7 Å². The number of aromatic nitrogens is 1. The van der Waals surface area contributed by atoms with E-state index < -0.39 is 18.0 Å². The number of fused-ring (bicyclic) bond motifs is 1. The molecule has 0 radical (unpaired) electrons. The molecule has 0 aliphatic carbocycles. The van der Waals surface area contributed by atoms with Crippen molar-refractivity contribution in [3.8, 4) is 11.5 Å². The highest BCUT2D eigenvalue weighted by atomic mass is 79.9. The molecular weight excluding hydrogens is 636 g/mol. The Morgan fingerprint density at radius 1 is 1.09 bits per heavy atom. The fraction of sp³-hybridized carbons (Fsp3) is 0.188. The Bertz CT molecular complexity index is 1910. The van der Waals surface area contributed by atoms with Crippen molar-refractivity contribution >= 4 is 45.3 Å². The van der Waals surface area contributed by atoms with Gasteiger partial charge in [-0.1, -0.05) is 41.7 Å². The van der Waals surface area contributed by atoms with Crippen molar-refractivity contribution in [1.29, 1.82) is 0 Å². The summed E-state index contributed by atoms with van der Waals surface area (Å²) in [5.41, 5.74) is 3.06. The Morgan fingerprint density at radius 2 is 1.81 bits per heavy atom. The molecule has 0 amide bonds. The molecule has 3 aromatic carbocycles. The highest BCUT2D eigenvalue weighted by Gasteiger charge is 2.33. The molecule has 11 heteroatoms. The Balaban J connectivity index is 1.48. The number of ether oxygens (including phenoxy) is 3. The number of carbonyl (C=O) groups is 2. The highest BCUT2D eigenvalue weighted by Crippen LogP contribution is 2.32. The van der Waals surface area contributed by atoms with E-state index in [-0.39, 0.29) is 24.3 Å². The van der Waals surface area contributed by atoms with Crippen LogP contribution < -0.4 is 24.4 Å². The fourth-order valence-corrected chi connectivity index (χ4v) is 6.23. The molecule has 220 valence electrons. The average Bonchev–Trinajstić information content (AvgIpc) is 3.30. The molecule has 0 spiro atoms. The average molecular weight is 664 g/mol. The summed E-state index contributed by atoms with van der Waals surface area (Å²) in [5.74, 6) is -0.251. The van der Waals surface area contributed by atoms with Crippen LogP contribution >= 0.6 is 27.3 Å². The number of thiazole rings is 1. The standard InChI is InChI=1S/C32H27BrN2O7S/c1-4-41-31(39)27-18(2)34-32-35(28(27)21-10-12-23(40-3)13-11-21)29(36)26(43-32)16-20-7-14-25(24(33)15-20)42-17-19-5-8-22(9-6-19)30(37)38/h5-16,28H,4,17H2,1-3H3,(H,37,38)/b26-16+/t28-/m0/s1. The van der Waals surface area contributed by atoms with Gasteiger partial charge in [0, 0.05) is 0 Å². The third kappa shape index (κ3) is 6.32. The molecule has 5 rings (SSSR count). The number of aromatic carboxylic acids is 1. The van der Waals surface area contributed by atoms with E-state index in [2.05, 4.69) is 20.9 Å². The molecular formula is C32H27BrN2O7S. The minimum Gasteiger partial charge on any atom is -0.497 e. The summed E-state index contributed by atoms with van der Waals surface area (Å²) in [7, 11) is 1.57. The summed E-state index contributed by atoms with van der Waals surface area (Å²) >= 11 is 4.79. The summed E-state index contributed by atoms with van der Waals surface area (Å²) < 4.78 is 19.2. The van der Waals surface area contributed by atoms with Crippen molar-refractivity contribution in [2.45, 2.75) is 26.5 Å². The number of carboxylic acids is 1. The van der Waals surface area contributed by atoms with Crippen LogP contribution in [-0.4, -0.2) is 35.3 Å². The van der Waals surface area contributed by atoms with E-state index in [1.807, 2.05) is 24.3 Å². The maximum atomic E-state index is 13.8. The summed E-state index contributed by atoms with van der Waals surface area (Å²) in [6.45, 7) is 3.93. The number of hydrogen-bond donors (Lipinski definition) is 1. The quantitative estimate of drug-likeness (QED) is 0.255. The van der Waals surface area contributed by atoms with Gasteiger partial charge < -0.3 is 19.3 Å². The van der Waals surface area contributed by atoms with Crippen molar-refractivity contribution in [2.75, 3.05) is 13.7 Å². The van der Waals surface area contributed by atoms with Crippen LogP contribution in [-0.2, 0) is 16.1 Å². The highest BCUT2D eigenvalue weighted by molar-refractivity contribution is 9.10. The minimum atomic E-state index is -0.982. The number of carboxylic acid groups (broad SMARTS) is 1. The first kappa shape index (κ1) is 30.0. The molecule has 1 aliphatic heterocycles. The molecule has 0 saturated carbocycles. The molecule has 2 heterocycles. The Kier molecular flexibility index (Phi) is 8.93. The van der Waals surface area contributed by atoms with Gasteiger partial charge in [-0.25, -0.2) is 14.6 Å². The lowest BCUT2D eigenvalue weighted by Crippen LogP contribution is -2.39. The van der Waals surface area contributed by atoms with E-state index in [1.54, 1.807) is 61.9 Å². The maximum absolute atomic E-state index is 13.8. The van der Waals surface area contributed by atoms with Gasteiger partial charge in [0.05, 0.1) is 45.6 Å². The molecule has 0 unspecified atom stereocenters. The first-order chi connectivity index (χ1) is 20.7. The summed E-state index contributed by atoms with van der Waals surface area (Å²) in [4.78, 5) is 43.1. The van der Waals surface area contributed by atoms with Crippen molar-refractivity contribution < 1.29 is 28.9 Å². The van der Waals surface area contributed by atoms with Gasteiger partial charge in [0.25, 0.3) is 5.56 Å². The van der Waals surface area contributed by atoms with Gasteiger partial charge in [0.1, 0.15) is 18.1 Å². The Labute approximate surface area is 259 Å². The van der Waals surface area contributed by atoms with Crippen LogP contribution in [0, 0.1) is 0 Å². The molecule has 1 atom stereocenters. The smallest absolute Gasteiger partial charge is 0.338 e. The SMILES string of the molecule is CCOC(=O)C1=C(C)N=c2s/c(=C/c3ccc(OCc4ccc(C(=O)O)cc4)c(Br)c3)c(=O)n2[C@H]1c1ccc(OC)cc1. The lowest BCUT2D eigenvalue weighted by atomic mass is 9.96. The maximum Gasteiger partial charge on any atom is 0.338 e. The van der Waals surface area contributed by atoms with Gasteiger partial charge in [-0.3, -0.25) is 9.36 Å². The second-order valence-electron chi connectivity index (χ2n) is 9.56. The second kappa shape index (κ2) is 12.8. The van der Waals surface area contributed by atoms with Gasteiger partial charge in [-0.2, -0.15) is 0 Å². The van der Waals surface area contributed by atoms with Crippen molar-refractivity contribution in [3.05, 3.63) is 124 Å². The van der Waals surface area contributed by atoms with Gasteiger partial charge in [-0.15, -0.1) is 0 Å². The second-order valence-corrected chi connectivity index (χ2v) is 11.4. The number of esters is 1. The van der Waals surface area contributed by atoms with Gasteiger partial charge in [0.15, 0.2) is 4.80 Å². The lowest BCUT2D eigenvalue weighted by Gasteiger charge is -2.24. The van der Waals surface area contributed by atoms with Crippen molar-refractivity contribution in [2.24, 2.45) is 4.99 Å². The zero-order chi connectivity index (χ0) is 30.7. The van der Waals surface area contributed by atoms with Crippen molar-refractivity contribution in [3.63, 3.8) is 0 Å². The number of nitrogens with zero attached hydrogens (tertiary/aromatic N) is 2. The monoisotopic (exact) mass is 662 g/mol. The minimum absolute atomic E-state index is 0.195. The molecule has 1 N–H and O–H groups in total. The molecule has 9 nitrogen and oxygen atoms in total.